The van der Waals surface area contributed by atoms with Gasteiger partial charge in [-0.1, -0.05) is 29.4 Å². The first-order valence-corrected chi connectivity index (χ1v) is 7.51. The Kier molecular flexibility index (Phi) is 5.49. The smallest absolute Gasteiger partial charge is 0.279 e. The molecule has 20 heavy (non-hydrogen) atoms. The Bertz CT molecular complexity index is 567. The minimum atomic E-state index is -3.49. The third kappa shape index (κ3) is 4.19. The summed E-state index contributed by atoms with van der Waals surface area (Å²) in [6.45, 7) is 3.77. The quantitative estimate of drug-likeness (QED) is 0.307. The van der Waals surface area contributed by atoms with Crippen molar-refractivity contribution in [2.75, 3.05) is 7.05 Å². The van der Waals surface area contributed by atoms with E-state index < -0.39 is 10.2 Å². The van der Waals surface area contributed by atoms with Crippen LogP contribution >= 0.6 is 0 Å². The van der Waals surface area contributed by atoms with Crippen LogP contribution < -0.4 is 10.5 Å². The maximum absolute atomic E-state index is 11.9. The number of amidine groups is 1. The van der Waals surface area contributed by atoms with Gasteiger partial charge in [0.25, 0.3) is 10.2 Å². The number of hydrogen-bond donors (Lipinski definition) is 3. The molecule has 0 fully saturated rings. The van der Waals surface area contributed by atoms with Gasteiger partial charge in [0.15, 0.2) is 5.84 Å². The molecule has 0 unspecified atom stereocenters. The third-order valence-corrected chi connectivity index (χ3v) is 4.61. The summed E-state index contributed by atoms with van der Waals surface area (Å²) in [7, 11) is -1.97. The van der Waals surface area contributed by atoms with Gasteiger partial charge >= 0.3 is 0 Å². The summed E-state index contributed by atoms with van der Waals surface area (Å²) in [5.74, 6) is 0.0108. The lowest BCUT2D eigenvalue weighted by atomic mass is 10.1. The normalized spacial score (nSPS) is 13.2. The van der Waals surface area contributed by atoms with Crippen molar-refractivity contribution < 1.29 is 13.6 Å². The second-order valence-corrected chi connectivity index (χ2v) is 6.43. The van der Waals surface area contributed by atoms with Crippen LogP contribution in [0.25, 0.3) is 0 Å². The van der Waals surface area contributed by atoms with Crippen LogP contribution in [-0.4, -0.2) is 36.9 Å². The minimum Gasteiger partial charge on any atom is -0.409 e. The molecule has 1 aromatic carbocycles. The fourth-order valence-corrected chi connectivity index (χ4v) is 2.51. The molecule has 8 heteroatoms. The molecule has 0 atom stereocenters. The number of benzene rings is 1. The first kappa shape index (κ1) is 16.4. The van der Waals surface area contributed by atoms with Gasteiger partial charge in [0, 0.05) is 25.2 Å². The summed E-state index contributed by atoms with van der Waals surface area (Å²) in [5.41, 5.74) is 6.79. The molecular formula is C12H20N4O3S. The number of rotatable bonds is 6. The van der Waals surface area contributed by atoms with Crippen molar-refractivity contribution in [2.24, 2.45) is 10.9 Å². The van der Waals surface area contributed by atoms with Crippen LogP contribution in [0.2, 0.25) is 0 Å². The highest BCUT2D eigenvalue weighted by Gasteiger charge is 2.19. The molecule has 4 N–H and O–H groups in total. The van der Waals surface area contributed by atoms with Crippen LogP contribution in [0.15, 0.2) is 29.4 Å². The maximum atomic E-state index is 11.9. The molecule has 0 aliphatic rings. The second-order valence-electron chi connectivity index (χ2n) is 4.62. The van der Waals surface area contributed by atoms with E-state index in [0.29, 0.717) is 5.56 Å². The van der Waals surface area contributed by atoms with E-state index in [-0.39, 0.29) is 18.4 Å². The summed E-state index contributed by atoms with van der Waals surface area (Å²) < 4.78 is 27.6. The van der Waals surface area contributed by atoms with Gasteiger partial charge in [-0.3, -0.25) is 0 Å². The number of hydrogen-bond acceptors (Lipinski definition) is 4. The standard InChI is InChI=1S/C12H20N4O3S/c1-9(2)16(3)20(18,19)14-8-10-4-6-11(7-5-10)12(13)15-17/h4-7,9,14,17H,8H2,1-3H3,(H2,13,15). The maximum Gasteiger partial charge on any atom is 0.279 e. The Morgan fingerprint density at radius 3 is 2.40 bits per heavy atom. The van der Waals surface area contributed by atoms with E-state index >= 15 is 0 Å². The molecule has 0 aromatic heterocycles. The Labute approximate surface area is 119 Å². The van der Waals surface area contributed by atoms with Gasteiger partial charge in [-0.15, -0.1) is 0 Å². The molecule has 0 aliphatic heterocycles. The van der Waals surface area contributed by atoms with Gasteiger partial charge in [0.05, 0.1) is 0 Å². The molecule has 0 aliphatic carbocycles. The molecule has 1 aromatic rings. The predicted molar refractivity (Wildman–Crippen MR) is 77.6 cm³/mol. The van der Waals surface area contributed by atoms with Crippen molar-refractivity contribution in [3.8, 4) is 0 Å². The van der Waals surface area contributed by atoms with Crippen molar-refractivity contribution in [1.29, 1.82) is 0 Å². The lowest BCUT2D eigenvalue weighted by Crippen LogP contribution is -2.41. The summed E-state index contributed by atoms with van der Waals surface area (Å²) in [4.78, 5) is 0. The summed E-state index contributed by atoms with van der Waals surface area (Å²) in [5, 5.41) is 11.4. The van der Waals surface area contributed by atoms with Crippen molar-refractivity contribution >= 4 is 16.0 Å². The number of nitrogens with two attached hydrogens (primary N) is 1. The minimum absolute atomic E-state index is 0.0108. The van der Waals surface area contributed by atoms with E-state index in [2.05, 4.69) is 9.88 Å². The molecule has 0 saturated heterocycles. The van der Waals surface area contributed by atoms with Crippen LogP contribution in [0.5, 0.6) is 0 Å². The molecule has 0 heterocycles. The highest BCUT2D eigenvalue weighted by Crippen LogP contribution is 2.06. The average molecular weight is 300 g/mol. The molecule has 1 rings (SSSR count). The third-order valence-electron chi connectivity index (χ3n) is 2.92. The van der Waals surface area contributed by atoms with Gasteiger partial charge in [0.1, 0.15) is 0 Å². The van der Waals surface area contributed by atoms with Gasteiger partial charge in [-0.2, -0.15) is 17.4 Å². The van der Waals surface area contributed by atoms with Crippen LogP contribution in [0.1, 0.15) is 25.0 Å². The van der Waals surface area contributed by atoms with E-state index in [1.54, 1.807) is 38.1 Å². The fraction of sp³-hybridized carbons (Fsp3) is 0.417. The first-order chi connectivity index (χ1) is 9.27. The van der Waals surface area contributed by atoms with Crippen LogP contribution in [0.3, 0.4) is 0 Å². The highest BCUT2D eigenvalue weighted by atomic mass is 32.2. The Hall–Kier alpha value is -1.64. The van der Waals surface area contributed by atoms with Crippen LogP contribution in [-0.2, 0) is 16.8 Å². The zero-order chi connectivity index (χ0) is 15.3. The molecule has 0 bridgehead atoms. The van der Waals surface area contributed by atoms with Crippen molar-refractivity contribution in [3.63, 3.8) is 0 Å². The van der Waals surface area contributed by atoms with Crippen molar-refractivity contribution in [2.45, 2.75) is 26.4 Å². The first-order valence-electron chi connectivity index (χ1n) is 6.07. The summed E-state index contributed by atoms with van der Waals surface area (Å²) in [6.07, 6.45) is 0. The number of nitrogens with zero attached hydrogens (tertiary/aromatic N) is 2. The average Bonchev–Trinajstić information content (AvgIpc) is 2.44. The molecule has 7 nitrogen and oxygen atoms in total. The Morgan fingerprint density at radius 1 is 1.40 bits per heavy atom. The molecule has 0 amide bonds. The second kappa shape index (κ2) is 6.69. The van der Waals surface area contributed by atoms with Gasteiger partial charge in [-0.05, 0) is 19.4 Å². The van der Waals surface area contributed by atoms with E-state index in [4.69, 9.17) is 10.9 Å². The van der Waals surface area contributed by atoms with E-state index in [0.717, 1.165) is 5.56 Å². The number of oxime groups is 1. The highest BCUT2D eigenvalue weighted by molar-refractivity contribution is 7.87. The zero-order valence-corrected chi connectivity index (χ0v) is 12.6. The predicted octanol–water partition coefficient (Wildman–Crippen LogP) is 0.456. The van der Waals surface area contributed by atoms with Crippen molar-refractivity contribution in [1.82, 2.24) is 9.03 Å². The lowest BCUT2D eigenvalue weighted by molar-refractivity contribution is 0.318. The summed E-state index contributed by atoms with van der Waals surface area (Å²) >= 11 is 0. The molecular weight excluding hydrogens is 280 g/mol. The molecule has 112 valence electrons. The molecule has 0 saturated carbocycles. The van der Waals surface area contributed by atoms with Crippen LogP contribution in [0.4, 0.5) is 0 Å². The zero-order valence-electron chi connectivity index (χ0n) is 11.7. The SMILES string of the molecule is CC(C)N(C)S(=O)(=O)NCc1ccc(C(N)=NO)cc1. The van der Waals surface area contributed by atoms with E-state index in [1.165, 1.54) is 11.4 Å². The van der Waals surface area contributed by atoms with Gasteiger partial charge < -0.3 is 10.9 Å². The molecule has 0 spiro atoms. The Balaban J connectivity index is 2.72. The number of nitrogens with one attached hydrogen (secondary N) is 1. The largest absolute Gasteiger partial charge is 0.409 e. The fourth-order valence-electron chi connectivity index (χ4n) is 1.40. The van der Waals surface area contributed by atoms with Crippen LogP contribution in [0, 0.1) is 0 Å². The van der Waals surface area contributed by atoms with Gasteiger partial charge in [0.2, 0.25) is 0 Å². The topological polar surface area (TPSA) is 108 Å². The summed E-state index contributed by atoms with van der Waals surface area (Å²) in [6, 6.07) is 6.63. The monoisotopic (exact) mass is 300 g/mol. The van der Waals surface area contributed by atoms with E-state index in [9.17, 15) is 8.42 Å². The van der Waals surface area contributed by atoms with Crippen molar-refractivity contribution in [3.05, 3.63) is 35.4 Å². The van der Waals surface area contributed by atoms with E-state index in [1.807, 2.05) is 0 Å². The van der Waals surface area contributed by atoms with Gasteiger partial charge in [-0.25, -0.2) is 0 Å². The lowest BCUT2D eigenvalue weighted by Gasteiger charge is -2.21. The molecule has 0 radical (unpaired) electrons. The Morgan fingerprint density at radius 2 is 1.95 bits per heavy atom.